The first-order valence-corrected chi connectivity index (χ1v) is 3.76. The highest BCUT2D eigenvalue weighted by molar-refractivity contribution is 7.21. The SMILES string of the molecule is Nc1nc2nc(F)ccc2s1. The van der Waals surface area contributed by atoms with Crippen molar-refractivity contribution >= 4 is 26.8 Å². The van der Waals surface area contributed by atoms with Crippen LogP contribution >= 0.6 is 11.3 Å². The lowest BCUT2D eigenvalue weighted by Crippen LogP contribution is -1.83. The van der Waals surface area contributed by atoms with Crippen LogP contribution in [0.25, 0.3) is 10.3 Å². The Morgan fingerprint density at radius 1 is 1.36 bits per heavy atom. The summed E-state index contributed by atoms with van der Waals surface area (Å²) in [7, 11) is 0. The maximum atomic E-state index is 12.5. The third kappa shape index (κ3) is 1.03. The molecule has 2 N–H and O–H groups in total. The molecule has 5 heteroatoms. The largest absolute Gasteiger partial charge is 0.375 e. The molecule has 2 rings (SSSR count). The van der Waals surface area contributed by atoms with Crippen LogP contribution in [-0.4, -0.2) is 9.97 Å². The molecule has 0 saturated carbocycles. The van der Waals surface area contributed by atoms with E-state index in [1.807, 2.05) is 0 Å². The lowest BCUT2D eigenvalue weighted by molar-refractivity contribution is 0.588. The molecule has 0 aliphatic carbocycles. The Morgan fingerprint density at radius 3 is 3.00 bits per heavy atom. The van der Waals surface area contributed by atoms with Gasteiger partial charge >= 0.3 is 0 Å². The van der Waals surface area contributed by atoms with E-state index >= 15 is 0 Å². The first-order valence-electron chi connectivity index (χ1n) is 2.94. The van der Waals surface area contributed by atoms with E-state index in [1.54, 1.807) is 6.07 Å². The number of hydrogen-bond acceptors (Lipinski definition) is 4. The quantitative estimate of drug-likeness (QED) is 0.606. The highest BCUT2D eigenvalue weighted by Gasteiger charge is 2.01. The summed E-state index contributed by atoms with van der Waals surface area (Å²) in [4.78, 5) is 7.37. The summed E-state index contributed by atoms with van der Waals surface area (Å²) < 4.78 is 13.3. The monoisotopic (exact) mass is 169 g/mol. The van der Waals surface area contributed by atoms with Crippen LogP contribution in [0.5, 0.6) is 0 Å². The summed E-state index contributed by atoms with van der Waals surface area (Å²) in [6, 6.07) is 2.91. The van der Waals surface area contributed by atoms with Gasteiger partial charge in [0.05, 0.1) is 4.70 Å². The second-order valence-corrected chi connectivity index (χ2v) is 3.07. The molecule has 0 saturated heterocycles. The molecular weight excluding hydrogens is 165 g/mol. The Bertz CT molecular complexity index is 398. The predicted octanol–water partition coefficient (Wildman–Crippen LogP) is 1.41. The lowest BCUT2D eigenvalue weighted by Gasteiger charge is -1.84. The van der Waals surface area contributed by atoms with Crippen molar-refractivity contribution < 1.29 is 4.39 Å². The van der Waals surface area contributed by atoms with Gasteiger partial charge in [-0.2, -0.15) is 9.37 Å². The minimum atomic E-state index is -0.525. The number of rotatable bonds is 0. The Kier molecular flexibility index (Phi) is 1.25. The fraction of sp³-hybridized carbons (Fsp3) is 0. The van der Waals surface area contributed by atoms with Gasteiger partial charge < -0.3 is 5.73 Å². The van der Waals surface area contributed by atoms with E-state index in [1.165, 1.54) is 17.4 Å². The Morgan fingerprint density at radius 2 is 2.18 bits per heavy atom. The smallest absolute Gasteiger partial charge is 0.214 e. The molecule has 56 valence electrons. The second-order valence-electron chi connectivity index (χ2n) is 2.01. The summed E-state index contributed by atoms with van der Waals surface area (Å²) in [5, 5.41) is 0.415. The average molecular weight is 169 g/mol. The molecule has 2 aromatic rings. The van der Waals surface area contributed by atoms with Gasteiger partial charge in [-0.15, -0.1) is 0 Å². The van der Waals surface area contributed by atoms with Gasteiger partial charge in [-0.25, -0.2) is 4.98 Å². The average Bonchev–Trinajstić information content (AvgIpc) is 2.27. The van der Waals surface area contributed by atoms with Crippen LogP contribution in [0.3, 0.4) is 0 Å². The van der Waals surface area contributed by atoms with Crippen molar-refractivity contribution in [3.8, 4) is 0 Å². The highest BCUT2D eigenvalue weighted by atomic mass is 32.1. The molecular formula is C6H4FN3S. The normalized spacial score (nSPS) is 10.6. The predicted molar refractivity (Wildman–Crippen MR) is 41.8 cm³/mol. The number of thiazole rings is 1. The van der Waals surface area contributed by atoms with Gasteiger partial charge in [0.25, 0.3) is 0 Å². The van der Waals surface area contributed by atoms with Crippen molar-refractivity contribution in [3.63, 3.8) is 0 Å². The van der Waals surface area contributed by atoms with E-state index in [9.17, 15) is 4.39 Å². The van der Waals surface area contributed by atoms with E-state index in [0.29, 0.717) is 10.8 Å². The molecule has 0 radical (unpaired) electrons. The van der Waals surface area contributed by atoms with Gasteiger partial charge in [0, 0.05) is 0 Å². The van der Waals surface area contributed by atoms with Crippen molar-refractivity contribution in [2.75, 3.05) is 5.73 Å². The van der Waals surface area contributed by atoms with Gasteiger partial charge in [-0.3, -0.25) is 0 Å². The fourth-order valence-electron chi connectivity index (χ4n) is 0.812. The molecule has 2 heterocycles. The molecule has 0 atom stereocenters. The van der Waals surface area contributed by atoms with Crippen LogP contribution < -0.4 is 5.73 Å². The van der Waals surface area contributed by atoms with Gasteiger partial charge in [0.15, 0.2) is 10.8 Å². The highest BCUT2D eigenvalue weighted by Crippen LogP contribution is 2.21. The van der Waals surface area contributed by atoms with Crippen LogP contribution in [0.1, 0.15) is 0 Å². The van der Waals surface area contributed by atoms with Crippen LogP contribution in [0, 0.1) is 5.95 Å². The summed E-state index contributed by atoms with van der Waals surface area (Å²) >= 11 is 1.30. The number of hydrogen-bond donors (Lipinski definition) is 1. The number of aromatic nitrogens is 2. The number of nitrogen functional groups attached to an aromatic ring is 1. The van der Waals surface area contributed by atoms with E-state index in [4.69, 9.17) is 5.73 Å². The zero-order valence-corrected chi connectivity index (χ0v) is 6.23. The van der Waals surface area contributed by atoms with Gasteiger partial charge in [-0.1, -0.05) is 11.3 Å². The van der Waals surface area contributed by atoms with Crippen LogP contribution in [0.2, 0.25) is 0 Å². The standard InChI is InChI=1S/C6H4FN3S/c7-4-2-1-3-5(9-4)10-6(8)11-3/h1-2H,(H2,8,9,10). The fourth-order valence-corrected chi connectivity index (χ4v) is 1.49. The number of fused-ring (bicyclic) bond motifs is 1. The van der Waals surface area contributed by atoms with Gasteiger partial charge in [-0.05, 0) is 12.1 Å². The van der Waals surface area contributed by atoms with E-state index in [-0.39, 0.29) is 0 Å². The topological polar surface area (TPSA) is 51.8 Å². The number of anilines is 1. The molecule has 0 bridgehead atoms. The van der Waals surface area contributed by atoms with E-state index in [2.05, 4.69) is 9.97 Å². The molecule has 0 unspecified atom stereocenters. The molecule has 2 aromatic heterocycles. The maximum absolute atomic E-state index is 12.5. The summed E-state index contributed by atoms with van der Waals surface area (Å²) in [6.07, 6.45) is 0. The second kappa shape index (κ2) is 2.13. The molecule has 11 heavy (non-hydrogen) atoms. The van der Waals surface area contributed by atoms with Gasteiger partial charge in [0.1, 0.15) is 0 Å². The van der Waals surface area contributed by atoms with Crippen molar-refractivity contribution in [1.82, 2.24) is 9.97 Å². The molecule has 0 aliphatic heterocycles. The minimum absolute atomic E-state index is 0.382. The molecule has 0 amide bonds. The zero-order chi connectivity index (χ0) is 7.84. The van der Waals surface area contributed by atoms with E-state index in [0.717, 1.165) is 4.70 Å². The zero-order valence-electron chi connectivity index (χ0n) is 5.41. The molecule has 3 nitrogen and oxygen atoms in total. The number of nitrogens with two attached hydrogens (primary N) is 1. The van der Waals surface area contributed by atoms with Crippen LogP contribution in [0.4, 0.5) is 9.52 Å². The van der Waals surface area contributed by atoms with Crippen molar-refractivity contribution in [2.45, 2.75) is 0 Å². The molecule has 0 spiro atoms. The van der Waals surface area contributed by atoms with E-state index < -0.39 is 5.95 Å². The maximum Gasteiger partial charge on any atom is 0.214 e. The lowest BCUT2D eigenvalue weighted by atomic mass is 10.5. The summed E-state index contributed by atoms with van der Waals surface area (Å²) in [5.41, 5.74) is 5.77. The number of nitrogens with zero attached hydrogens (tertiary/aromatic N) is 2. The summed E-state index contributed by atoms with van der Waals surface area (Å²) in [6.45, 7) is 0. The number of pyridine rings is 1. The summed E-state index contributed by atoms with van der Waals surface area (Å²) in [5.74, 6) is -0.525. The number of halogens is 1. The minimum Gasteiger partial charge on any atom is -0.375 e. The third-order valence-electron chi connectivity index (χ3n) is 1.24. The molecule has 0 fully saturated rings. The Hall–Kier alpha value is -1.23. The molecule has 0 aromatic carbocycles. The van der Waals surface area contributed by atoms with Crippen molar-refractivity contribution in [3.05, 3.63) is 18.1 Å². The first kappa shape index (κ1) is 6.48. The van der Waals surface area contributed by atoms with Crippen molar-refractivity contribution in [1.29, 1.82) is 0 Å². The Labute approximate surface area is 65.7 Å². The third-order valence-corrected chi connectivity index (χ3v) is 2.07. The van der Waals surface area contributed by atoms with Gasteiger partial charge in [0.2, 0.25) is 5.95 Å². The van der Waals surface area contributed by atoms with Crippen LogP contribution in [-0.2, 0) is 0 Å². The Balaban J connectivity index is 2.82. The van der Waals surface area contributed by atoms with Crippen molar-refractivity contribution in [2.24, 2.45) is 0 Å². The van der Waals surface area contributed by atoms with Crippen LogP contribution in [0.15, 0.2) is 12.1 Å². The first-order chi connectivity index (χ1) is 5.25. The molecule has 0 aliphatic rings.